The van der Waals surface area contributed by atoms with E-state index < -0.39 is 89.3 Å². The predicted octanol–water partition coefficient (Wildman–Crippen LogP) is 11.2. The van der Waals surface area contributed by atoms with Crippen LogP contribution >= 0.6 is 0 Å². The third kappa shape index (κ3) is 18.2. The van der Waals surface area contributed by atoms with Crippen molar-refractivity contribution in [3.63, 3.8) is 0 Å². The van der Waals surface area contributed by atoms with Crippen molar-refractivity contribution in [3.8, 4) is 11.5 Å². The summed E-state index contributed by atoms with van der Waals surface area (Å²) in [6.45, 7) is 13.3. The highest BCUT2D eigenvalue weighted by molar-refractivity contribution is 6.39. The van der Waals surface area contributed by atoms with Crippen molar-refractivity contribution in [1.29, 1.82) is 0 Å². The van der Waals surface area contributed by atoms with E-state index in [9.17, 15) is 34.2 Å². The number of carbonyl (C=O) groups is 5. The van der Waals surface area contributed by atoms with E-state index in [0.29, 0.717) is 63.4 Å². The van der Waals surface area contributed by atoms with Crippen LogP contribution in [0.5, 0.6) is 11.5 Å². The largest absolute Gasteiger partial charge is 0.497 e. The van der Waals surface area contributed by atoms with Crippen LogP contribution in [0.25, 0.3) is 0 Å². The van der Waals surface area contributed by atoms with Crippen molar-refractivity contribution < 1.29 is 76.8 Å². The molecule has 0 spiro atoms. The maximum Gasteiger partial charge on any atom is 0.329 e. The van der Waals surface area contributed by atoms with E-state index in [1.165, 1.54) is 12.0 Å². The first-order valence-corrected chi connectivity index (χ1v) is 32.7. The molecular formula is C74H101NO16. The first-order valence-electron chi connectivity index (χ1n) is 32.7. The van der Waals surface area contributed by atoms with Crippen LogP contribution in [0.3, 0.4) is 0 Å². The first-order chi connectivity index (χ1) is 43.6. The van der Waals surface area contributed by atoms with E-state index in [1.807, 2.05) is 125 Å². The first kappa shape index (κ1) is 72.3. The van der Waals surface area contributed by atoms with Crippen LogP contribution in [0.4, 0.5) is 0 Å². The monoisotopic (exact) mass is 1260 g/mol. The maximum atomic E-state index is 14.8. The molecule has 91 heavy (non-hydrogen) atoms. The number of aliphatic hydroxyl groups is 2. The maximum absolute atomic E-state index is 14.8. The van der Waals surface area contributed by atoms with Gasteiger partial charge in [0.05, 0.1) is 51.8 Å². The fourth-order valence-corrected chi connectivity index (χ4v) is 13.8. The highest BCUT2D eigenvalue weighted by atomic mass is 16.6. The number of ketones is 3. The molecule has 3 aliphatic heterocycles. The number of hydrogen-bond acceptors (Lipinski definition) is 16. The molecule has 1 saturated carbocycles. The molecule has 4 aliphatic rings. The molecule has 17 nitrogen and oxygen atoms in total. The van der Waals surface area contributed by atoms with Crippen LogP contribution in [0, 0.1) is 35.5 Å². The number of fused-ring (bicyclic) bond motifs is 3. The Morgan fingerprint density at radius 2 is 1.36 bits per heavy atom. The lowest BCUT2D eigenvalue weighted by Gasteiger charge is -2.42. The van der Waals surface area contributed by atoms with Gasteiger partial charge in [-0.1, -0.05) is 126 Å². The molecule has 3 aromatic carbocycles. The molecule has 0 aromatic heterocycles. The van der Waals surface area contributed by atoms with E-state index >= 15 is 0 Å². The number of cyclic esters (lactones) is 1. The van der Waals surface area contributed by atoms with Gasteiger partial charge in [0.25, 0.3) is 11.7 Å². The quantitative estimate of drug-likeness (QED) is 0.0449. The zero-order chi connectivity index (χ0) is 66.0. The summed E-state index contributed by atoms with van der Waals surface area (Å²) in [5.41, 5.74) is 2.96. The number of rotatable bonds is 16. The second kappa shape index (κ2) is 34.1. The highest BCUT2D eigenvalue weighted by Crippen LogP contribution is 2.43. The van der Waals surface area contributed by atoms with Gasteiger partial charge in [-0.25, -0.2) is 4.79 Å². The summed E-state index contributed by atoms with van der Waals surface area (Å²) >= 11 is 0. The number of nitrogens with zero attached hydrogens (tertiary/aromatic N) is 1. The van der Waals surface area contributed by atoms with Gasteiger partial charge in [0.2, 0.25) is 5.79 Å². The number of hydrogen-bond donors (Lipinski definition) is 2. The molecule has 498 valence electrons. The fourth-order valence-electron chi connectivity index (χ4n) is 13.8. The number of aliphatic hydroxyl groups excluding tert-OH is 1. The molecule has 3 aromatic rings. The van der Waals surface area contributed by atoms with Crippen molar-refractivity contribution in [1.82, 2.24) is 4.90 Å². The minimum Gasteiger partial charge on any atom is -0.497 e. The Kier molecular flexibility index (Phi) is 27.1. The zero-order valence-electron chi connectivity index (χ0n) is 55.7. The molecule has 3 heterocycles. The third-order valence-corrected chi connectivity index (χ3v) is 19.4. The highest BCUT2D eigenvalue weighted by Gasteiger charge is 2.53. The minimum absolute atomic E-state index is 0.00187. The van der Waals surface area contributed by atoms with Crippen LogP contribution in [0.1, 0.15) is 142 Å². The lowest BCUT2D eigenvalue weighted by molar-refractivity contribution is -0.265. The van der Waals surface area contributed by atoms with Crippen molar-refractivity contribution in [2.45, 2.75) is 186 Å². The van der Waals surface area contributed by atoms with E-state index in [2.05, 4.69) is 12.1 Å². The molecule has 2 saturated heterocycles. The number of methoxy groups -OCH3 is 5. The zero-order valence-corrected chi connectivity index (χ0v) is 55.7. The molecule has 1 aliphatic carbocycles. The summed E-state index contributed by atoms with van der Waals surface area (Å²) in [5.74, 6) is -6.82. The van der Waals surface area contributed by atoms with Crippen LogP contribution in [-0.2, 0) is 62.7 Å². The average Bonchev–Trinajstić information content (AvgIpc) is 0.805. The molecule has 3 fully saturated rings. The predicted molar refractivity (Wildman–Crippen MR) is 347 cm³/mol. The molecule has 17 heteroatoms. The third-order valence-electron chi connectivity index (χ3n) is 19.4. The molecule has 1 amide bonds. The Labute approximate surface area is 539 Å². The summed E-state index contributed by atoms with van der Waals surface area (Å²) < 4.78 is 55.3. The topological polar surface area (TPSA) is 212 Å². The Bertz CT molecular complexity index is 2930. The van der Waals surface area contributed by atoms with Gasteiger partial charge in [0.15, 0.2) is 5.78 Å². The Balaban J connectivity index is 1.11. The summed E-state index contributed by atoms with van der Waals surface area (Å²) in [4.78, 5) is 73.6. The number of piperidine rings is 1. The summed E-state index contributed by atoms with van der Waals surface area (Å²) in [5, 5.41) is 23.8. The van der Waals surface area contributed by atoms with Gasteiger partial charge in [0.1, 0.15) is 47.2 Å². The number of amides is 1. The second-order valence-electron chi connectivity index (χ2n) is 25.8. The molecule has 0 radical (unpaired) electrons. The average molecular weight is 1260 g/mol. The van der Waals surface area contributed by atoms with Crippen LogP contribution in [0.2, 0.25) is 0 Å². The number of benzene rings is 3. The molecular weight excluding hydrogens is 1160 g/mol. The number of ether oxygens (including phenoxy) is 9. The lowest BCUT2D eigenvalue weighted by Crippen LogP contribution is -2.61. The van der Waals surface area contributed by atoms with Crippen LogP contribution in [-0.4, -0.2) is 154 Å². The van der Waals surface area contributed by atoms with Crippen molar-refractivity contribution in [3.05, 3.63) is 143 Å². The lowest BCUT2D eigenvalue weighted by atomic mass is 9.78. The molecule has 0 unspecified atom stereocenters. The SMILES string of the molecule is COc1ccc(C(OCCO[C@@H]2CC[C@@H](C[C@@H](C)[C@@H]3CC(=O)[C@H](C)/C=C(\C)[C@@H](O)[C@@H](OC)C(=O)[C@H](C)C[C@H](C)/C=C/C=C/C=C(\C)[C@@H](OC)C[C@@H]4CC[C@@H](C)[C@@](O)(O4)C(=O)C(=O)N4CCCC[C@H]4C(=O)O3)C[C@H]2OC)(c2ccccc2)c2ccc(OC)cc2)cc1. The summed E-state index contributed by atoms with van der Waals surface area (Å²) in [6, 6.07) is 24.6. The van der Waals surface area contributed by atoms with Crippen molar-refractivity contribution in [2.24, 2.45) is 35.5 Å². The fraction of sp³-hybridized carbons (Fsp3) is 0.581. The molecule has 15 atom stereocenters. The Morgan fingerprint density at radius 3 is 1.99 bits per heavy atom. The number of esters is 1. The van der Waals surface area contributed by atoms with Gasteiger partial charge >= 0.3 is 5.97 Å². The van der Waals surface area contributed by atoms with E-state index in [1.54, 1.807) is 55.3 Å². The standard InChI is InChI=1S/C74H101NO16/c1-47-21-15-13-16-22-48(2)64(85-10)45-60-32-26-53(7)74(82,91-60)70(79)71(80)75-38-20-19-25-61(75)72(81)90-65(46-62(76)49(3)42-52(6)68(78)69(87-12)67(77)51(5)41-47)50(4)43-54-27-37-63(66(44-54)86-11)88-39-40-89-73(55-23-17-14-18-24-55,56-28-33-58(83-8)34-29-56)57-30-35-59(84-9)36-31-57/h13-18,21-24,28-31,33-36,42,47,49-51,53-54,60-61,63-66,68-69,78,82H,19-20,25-27,32,37-41,43-46H2,1-12H3/b16-13+,21-15+,48-22+,52-42+/t47-,49-,50-,51-,53-,54+,60+,61+,63-,64+,65+,66-,68-,69+,74-/m1/s1. The van der Waals surface area contributed by atoms with Gasteiger partial charge in [0, 0.05) is 58.5 Å². The Hall–Kier alpha value is -6.15. The van der Waals surface area contributed by atoms with Gasteiger partial charge in [-0.2, -0.15) is 0 Å². The number of Topliss-reactive ketones (excluding diaryl/α,β-unsaturated/α-hetero) is 3. The van der Waals surface area contributed by atoms with E-state index in [-0.39, 0.29) is 68.2 Å². The Morgan fingerprint density at radius 1 is 0.703 bits per heavy atom. The summed E-state index contributed by atoms with van der Waals surface area (Å²) in [6.07, 6.45) is 11.4. The van der Waals surface area contributed by atoms with Gasteiger partial charge < -0.3 is 57.7 Å². The second-order valence-corrected chi connectivity index (χ2v) is 25.8. The van der Waals surface area contributed by atoms with E-state index in [4.69, 9.17) is 42.6 Å². The smallest absolute Gasteiger partial charge is 0.329 e. The van der Waals surface area contributed by atoms with E-state index in [0.717, 1.165) is 40.2 Å². The molecule has 2 bridgehead atoms. The minimum atomic E-state index is -2.46. The number of allylic oxidation sites excluding steroid dienone is 6. The van der Waals surface area contributed by atoms with Gasteiger partial charge in [-0.3, -0.25) is 19.2 Å². The van der Waals surface area contributed by atoms with Gasteiger partial charge in [-0.15, -0.1) is 0 Å². The normalized spacial score (nSPS) is 32.3. The summed E-state index contributed by atoms with van der Waals surface area (Å²) in [7, 11) is 7.92. The van der Waals surface area contributed by atoms with Crippen molar-refractivity contribution in [2.75, 3.05) is 55.3 Å². The molecule has 7 rings (SSSR count). The van der Waals surface area contributed by atoms with Crippen molar-refractivity contribution >= 4 is 29.2 Å². The van der Waals surface area contributed by atoms with Crippen LogP contribution in [0.15, 0.2) is 126 Å². The van der Waals surface area contributed by atoms with Crippen LogP contribution < -0.4 is 9.47 Å². The van der Waals surface area contributed by atoms with Gasteiger partial charge in [-0.05, 0) is 148 Å². The molecule has 2 N–H and O–H groups in total. The number of carbonyl (C=O) groups excluding carboxylic acids is 5.